The Kier molecular flexibility index (Phi) is 6.62. The SMILES string of the molecule is CCC1(c2cc(F)cc(OCC#Cc3cccc(OCC#N)c3)c2)COC(C)(C)O1. The minimum absolute atomic E-state index is 0.0207. The minimum Gasteiger partial charge on any atom is -0.481 e. The van der Waals surface area contributed by atoms with Crippen LogP contribution in [0.3, 0.4) is 0 Å². The first-order valence-corrected chi connectivity index (χ1v) is 9.72. The maximum Gasteiger partial charge on any atom is 0.174 e. The van der Waals surface area contributed by atoms with Gasteiger partial charge in [-0.3, -0.25) is 0 Å². The highest BCUT2D eigenvalue weighted by Gasteiger charge is 2.45. The average Bonchev–Trinajstić information content (AvgIpc) is 3.06. The number of benzene rings is 2. The van der Waals surface area contributed by atoms with Gasteiger partial charge in [0.15, 0.2) is 12.4 Å². The van der Waals surface area contributed by atoms with Crippen LogP contribution in [0.2, 0.25) is 0 Å². The molecule has 0 aliphatic carbocycles. The Morgan fingerprint density at radius 1 is 1.10 bits per heavy atom. The van der Waals surface area contributed by atoms with Crippen molar-refractivity contribution in [3.05, 3.63) is 59.4 Å². The van der Waals surface area contributed by atoms with Crippen molar-refractivity contribution < 1.29 is 23.3 Å². The maximum absolute atomic E-state index is 14.3. The molecule has 6 heteroatoms. The third kappa shape index (κ3) is 5.30. The van der Waals surface area contributed by atoms with Crippen molar-refractivity contribution in [3.63, 3.8) is 0 Å². The van der Waals surface area contributed by atoms with Crippen LogP contribution in [-0.4, -0.2) is 25.6 Å². The molecule has 2 aromatic rings. The molecule has 5 nitrogen and oxygen atoms in total. The number of ether oxygens (including phenoxy) is 4. The van der Waals surface area contributed by atoms with E-state index in [0.717, 1.165) is 5.56 Å². The Labute approximate surface area is 176 Å². The summed E-state index contributed by atoms with van der Waals surface area (Å²) in [6, 6.07) is 13.6. The lowest BCUT2D eigenvalue weighted by Gasteiger charge is -2.29. The molecule has 0 amide bonds. The molecular weight excluding hydrogens is 385 g/mol. The molecule has 0 bridgehead atoms. The summed E-state index contributed by atoms with van der Waals surface area (Å²) in [7, 11) is 0. The van der Waals surface area contributed by atoms with Crippen molar-refractivity contribution in [2.45, 2.75) is 38.6 Å². The topological polar surface area (TPSA) is 60.7 Å². The second-order valence-electron chi connectivity index (χ2n) is 7.38. The first-order chi connectivity index (χ1) is 14.4. The summed E-state index contributed by atoms with van der Waals surface area (Å²) in [5.41, 5.74) is 0.706. The lowest BCUT2D eigenvalue weighted by molar-refractivity contribution is -0.164. The van der Waals surface area contributed by atoms with Crippen LogP contribution in [0.15, 0.2) is 42.5 Å². The fourth-order valence-corrected chi connectivity index (χ4v) is 3.29. The first-order valence-electron chi connectivity index (χ1n) is 9.72. The molecule has 2 aromatic carbocycles. The fourth-order valence-electron chi connectivity index (χ4n) is 3.29. The fraction of sp³-hybridized carbons (Fsp3) is 0.375. The van der Waals surface area contributed by atoms with Gasteiger partial charge in [0.25, 0.3) is 0 Å². The van der Waals surface area contributed by atoms with Crippen LogP contribution in [0.5, 0.6) is 11.5 Å². The summed E-state index contributed by atoms with van der Waals surface area (Å²) < 4.78 is 37.0. The molecule has 0 saturated carbocycles. The lowest BCUT2D eigenvalue weighted by Crippen LogP contribution is -2.31. The Morgan fingerprint density at radius 2 is 1.90 bits per heavy atom. The normalized spacial score (nSPS) is 19.4. The van der Waals surface area contributed by atoms with Crippen LogP contribution < -0.4 is 9.47 Å². The molecule has 0 N–H and O–H groups in total. The molecule has 1 saturated heterocycles. The number of hydrogen-bond acceptors (Lipinski definition) is 5. The number of hydrogen-bond donors (Lipinski definition) is 0. The molecule has 3 rings (SSSR count). The van der Waals surface area contributed by atoms with Gasteiger partial charge in [-0.2, -0.15) is 5.26 Å². The summed E-state index contributed by atoms with van der Waals surface area (Å²) in [6.07, 6.45) is 0.642. The van der Waals surface area contributed by atoms with Gasteiger partial charge in [0.05, 0.1) is 6.61 Å². The zero-order valence-electron chi connectivity index (χ0n) is 17.3. The van der Waals surface area contributed by atoms with Gasteiger partial charge in [0.2, 0.25) is 0 Å². The van der Waals surface area contributed by atoms with Crippen molar-refractivity contribution in [2.24, 2.45) is 0 Å². The van der Waals surface area contributed by atoms with E-state index >= 15 is 0 Å². The van der Waals surface area contributed by atoms with E-state index in [1.807, 2.05) is 32.9 Å². The van der Waals surface area contributed by atoms with Crippen LogP contribution in [-0.2, 0) is 15.1 Å². The predicted molar refractivity (Wildman–Crippen MR) is 109 cm³/mol. The molecule has 0 radical (unpaired) electrons. The molecule has 1 fully saturated rings. The monoisotopic (exact) mass is 409 g/mol. The smallest absolute Gasteiger partial charge is 0.174 e. The third-order valence-electron chi connectivity index (χ3n) is 4.74. The van der Waals surface area contributed by atoms with Gasteiger partial charge in [-0.15, -0.1) is 0 Å². The second-order valence-corrected chi connectivity index (χ2v) is 7.38. The quantitative estimate of drug-likeness (QED) is 0.655. The first kappa shape index (κ1) is 21.6. The molecular formula is C24H24FNO4. The third-order valence-corrected chi connectivity index (χ3v) is 4.74. The maximum atomic E-state index is 14.3. The summed E-state index contributed by atoms with van der Waals surface area (Å²) in [5, 5.41) is 8.58. The van der Waals surface area contributed by atoms with Crippen molar-refractivity contribution >= 4 is 0 Å². The van der Waals surface area contributed by atoms with E-state index in [1.165, 1.54) is 12.1 Å². The molecule has 1 aliphatic heterocycles. The Hall–Kier alpha value is -3.06. The Morgan fingerprint density at radius 3 is 2.60 bits per heavy atom. The number of halogens is 1. The number of nitrogens with zero attached hydrogens (tertiary/aromatic N) is 1. The predicted octanol–water partition coefficient (Wildman–Crippen LogP) is 4.55. The van der Waals surface area contributed by atoms with Crippen LogP contribution in [0.4, 0.5) is 4.39 Å². The summed E-state index contributed by atoms with van der Waals surface area (Å²) >= 11 is 0. The van der Waals surface area contributed by atoms with Gasteiger partial charge in [0.1, 0.15) is 35.6 Å². The summed E-state index contributed by atoms with van der Waals surface area (Å²) in [5.74, 6) is 5.71. The molecule has 1 aliphatic rings. The molecule has 1 atom stereocenters. The number of rotatable bonds is 6. The van der Waals surface area contributed by atoms with Crippen molar-refractivity contribution in [1.29, 1.82) is 5.26 Å². The molecule has 1 heterocycles. The van der Waals surface area contributed by atoms with Gasteiger partial charge in [-0.1, -0.05) is 24.8 Å². The molecule has 0 spiro atoms. The largest absolute Gasteiger partial charge is 0.481 e. The van der Waals surface area contributed by atoms with Gasteiger partial charge >= 0.3 is 0 Å². The van der Waals surface area contributed by atoms with Crippen molar-refractivity contribution in [3.8, 4) is 29.4 Å². The summed E-state index contributed by atoms with van der Waals surface area (Å²) in [4.78, 5) is 0. The molecule has 1 unspecified atom stereocenters. The van der Waals surface area contributed by atoms with Crippen LogP contribution >= 0.6 is 0 Å². The van der Waals surface area contributed by atoms with E-state index in [1.54, 1.807) is 24.3 Å². The zero-order valence-corrected chi connectivity index (χ0v) is 17.3. The Bertz CT molecular complexity index is 1000. The van der Waals surface area contributed by atoms with Crippen LogP contribution in [0.25, 0.3) is 0 Å². The van der Waals surface area contributed by atoms with E-state index in [2.05, 4.69) is 11.8 Å². The van der Waals surface area contributed by atoms with Gasteiger partial charge in [-0.05, 0) is 56.2 Å². The molecule has 0 aromatic heterocycles. The highest BCUT2D eigenvalue weighted by Crippen LogP contribution is 2.42. The standard InChI is InChI=1S/C24H24FNO4/c1-4-24(17-29-23(2,3)30-24)19-14-20(25)16-22(15-19)27-11-6-8-18-7-5-9-21(13-18)28-12-10-26/h5,7,9,13-16H,4,11-12,17H2,1-3H3. The highest BCUT2D eigenvalue weighted by molar-refractivity contribution is 5.40. The van der Waals surface area contributed by atoms with Gasteiger partial charge in [0, 0.05) is 11.6 Å². The zero-order chi connectivity index (χ0) is 21.6. The average molecular weight is 409 g/mol. The van der Waals surface area contributed by atoms with Crippen molar-refractivity contribution in [1.82, 2.24) is 0 Å². The lowest BCUT2D eigenvalue weighted by atomic mass is 9.91. The minimum atomic E-state index is -0.722. The van der Waals surface area contributed by atoms with E-state index in [4.69, 9.17) is 24.2 Å². The molecule has 156 valence electrons. The van der Waals surface area contributed by atoms with Crippen LogP contribution in [0, 0.1) is 29.0 Å². The van der Waals surface area contributed by atoms with Crippen LogP contribution in [0.1, 0.15) is 38.3 Å². The highest BCUT2D eigenvalue weighted by atomic mass is 19.1. The second kappa shape index (κ2) is 9.17. The van der Waals surface area contributed by atoms with E-state index < -0.39 is 17.2 Å². The number of nitriles is 1. The molecule has 30 heavy (non-hydrogen) atoms. The Balaban J connectivity index is 1.69. The van der Waals surface area contributed by atoms with E-state index in [-0.39, 0.29) is 13.2 Å². The van der Waals surface area contributed by atoms with Gasteiger partial charge in [-0.25, -0.2) is 4.39 Å². The van der Waals surface area contributed by atoms with E-state index in [0.29, 0.717) is 30.1 Å². The van der Waals surface area contributed by atoms with Crippen molar-refractivity contribution in [2.75, 3.05) is 19.8 Å². The van der Waals surface area contributed by atoms with E-state index in [9.17, 15) is 4.39 Å². The van der Waals surface area contributed by atoms with Gasteiger partial charge < -0.3 is 18.9 Å². The summed E-state index contributed by atoms with van der Waals surface area (Å²) in [6.45, 7) is 6.09.